The summed E-state index contributed by atoms with van der Waals surface area (Å²) < 4.78 is 26.0. The molecule has 0 unspecified atom stereocenters. The van der Waals surface area contributed by atoms with Gasteiger partial charge in [0.25, 0.3) is 0 Å². The molecule has 2 amide bonds. The molecule has 180 valence electrons. The van der Waals surface area contributed by atoms with Crippen LogP contribution in [0.2, 0.25) is 15.1 Å². The highest BCUT2D eigenvalue weighted by atomic mass is 35.5. The van der Waals surface area contributed by atoms with Crippen molar-refractivity contribution >= 4 is 62.3 Å². The average Bonchev–Trinajstić information content (AvgIpc) is 2.68. The molecule has 1 N–H and O–H groups in total. The maximum Gasteiger partial charge on any atom is 0.244 e. The molecule has 33 heavy (non-hydrogen) atoms. The molecule has 0 aliphatic heterocycles. The van der Waals surface area contributed by atoms with E-state index in [0.717, 1.165) is 10.6 Å². The van der Waals surface area contributed by atoms with Gasteiger partial charge >= 0.3 is 0 Å². The number of halogens is 3. The first-order valence-corrected chi connectivity index (χ1v) is 13.0. The van der Waals surface area contributed by atoms with E-state index in [2.05, 4.69) is 5.32 Å². The van der Waals surface area contributed by atoms with Crippen LogP contribution in [0, 0.1) is 0 Å². The number of carbonyl (C=O) groups excluding carboxylic acids is 2. The van der Waals surface area contributed by atoms with E-state index < -0.39 is 28.5 Å². The van der Waals surface area contributed by atoms with Crippen LogP contribution in [0.25, 0.3) is 0 Å². The van der Waals surface area contributed by atoms with Gasteiger partial charge in [-0.15, -0.1) is 0 Å². The summed E-state index contributed by atoms with van der Waals surface area (Å²) in [5.74, 6) is -0.968. The largest absolute Gasteiger partial charge is 0.352 e. The van der Waals surface area contributed by atoms with Crippen LogP contribution < -0.4 is 9.62 Å². The van der Waals surface area contributed by atoms with Gasteiger partial charge in [-0.3, -0.25) is 13.9 Å². The Kier molecular flexibility index (Phi) is 9.43. The maximum absolute atomic E-state index is 13.4. The Bertz CT molecular complexity index is 1110. The Morgan fingerprint density at radius 1 is 1.00 bits per heavy atom. The minimum atomic E-state index is -3.88. The lowest BCUT2D eigenvalue weighted by Gasteiger charge is -2.32. The number of nitrogens with zero attached hydrogens (tertiary/aromatic N) is 2. The zero-order valence-corrected chi connectivity index (χ0v) is 21.8. The topological polar surface area (TPSA) is 86.8 Å². The molecule has 0 bridgehead atoms. The second kappa shape index (κ2) is 11.4. The number of hydrogen-bond donors (Lipinski definition) is 1. The summed E-state index contributed by atoms with van der Waals surface area (Å²) in [5.41, 5.74) is 0.758. The number of benzene rings is 2. The third kappa shape index (κ3) is 7.78. The quantitative estimate of drug-likeness (QED) is 0.518. The molecule has 2 aromatic carbocycles. The Labute approximate surface area is 209 Å². The zero-order chi connectivity index (χ0) is 24.9. The number of anilines is 1. The van der Waals surface area contributed by atoms with E-state index in [9.17, 15) is 18.0 Å². The van der Waals surface area contributed by atoms with Gasteiger partial charge in [0.1, 0.15) is 12.6 Å². The second-order valence-corrected chi connectivity index (χ2v) is 11.0. The Hall–Kier alpha value is -2.00. The van der Waals surface area contributed by atoms with Gasteiger partial charge in [0, 0.05) is 27.7 Å². The number of sulfonamides is 1. The number of rotatable bonds is 9. The van der Waals surface area contributed by atoms with Gasteiger partial charge in [0.2, 0.25) is 21.8 Å². The van der Waals surface area contributed by atoms with Crippen LogP contribution in [0.3, 0.4) is 0 Å². The van der Waals surface area contributed by atoms with Crippen LogP contribution in [-0.4, -0.2) is 50.0 Å². The van der Waals surface area contributed by atoms with Gasteiger partial charge in [-0.2, -0.15) is 0 Å². The summed E-state index contributed by atoms with van der Waals surface area (Å²) >= 11 is 18.4. The van der Waals surface area contributed by atoms with Crippen LogP contribution in [0.15, 0.2) is 42.5 Å². The van der Waals surface area contributed by atoms with Crippen molar-refractivity contribution in [3.63, 3.8) is 0 Å². The van der Waals surface area contributed by atoms with Gasteiger partial charge in [0.15, 0.2) is 0 Å². The van der Waals surface area contributed by atoms with Crippen molar-refractivity contribution in [2.75, 3.05) is 17.1 Å². The van der Waals surface area contributed by atoms with Gasteiger partial charge in [-0.05, 0) is 50.6 Å². The third-order valence-corrected chi connectivity index (χ3v) is 6.66. The molecule has 0 radical (unpaired) electrons. The molecule has 0 aliphatic rings. The molecule has 7 nitrogen and oxygen atoms in total. The summed E-state index contributed by atoms with van der Waals surface area (Å²) in [4.78, 5) is 27.4. The SMILES string of the molecule is CC(C)NC(=O)[C@@H](C)N(Cc1ccccc1Cl)C(=O)CN(c1cc(Cl)cc(Cl)c1)S(C)(=O)=O. The molecular weight excluding hydrogens is 509 g/mol. The van der Waals surface area contributed by atoms with Gasteiger partial charge in [0.05, 0.1) is 11.9 Å². The van der Waals surface area contributed by atoms with Crippen molar-refractivity contribution in [3.05, 3.63) is 63.1 Å². The minimum Gasteiger partial charge on any atom is -0.352 e. The number of carbonyl (C=O) groups is 2. The molecule has 2 aromatic rings. The minimum absolute atomic E-state index is 0.0130. The fourth-order valence-electron chi connectivity index (χ4n) is 3.09. The van der Waals surface area contributed by atoms with E-state index in [4.69, 9.17) is 34.8 Å². The average molecular weight is 535 g/mol. The summed E-state index contributed by atoms with van der Waals surface area (Å²) in [6, 6.07) is 10.1. The highest BCUT2D eigenvalue weighted by molar-refractivity contribution is 7.92. The molecule has 0 spiro atoms. The van der Waals surface area contributed by atoms with Crippen LogP contribution in [0.5, 0.6) is 0 Å². The summed E-state index contributed by atoms with van der Waals surface area (Å²) in [6.45, 7) is 4.64. The molecule has 0 saturated carbocycles. The summed E-state index contributed by atoms with van der Waals surface area (Å²) in [6.07, 6.45) is 0.975. The zero-order valence-electron chi connectivity index (χ0n) is 18.7. The highest BCUT2D eigenvalue weighted by Crippen LogP contribution is 2.27. The molecule has 0 aliphatic carbocycles. The predicted molar refractivity (Wildman–Crippen MR) is 133 cm³/mol. The standard InChI is InChI=1S/C22H26Cl3N3O4S/c1-14(2)26-22(30)15(3)27(12-16-7-5-6-8-20(16)25)21(29)13-28(33(4,31)32)19-10-17(23)9-18(24)11-19/h5-11,14-15H,12-13H2,1-4H3,(H,26,30)/t15-/m1/s1. The van der Waals surface area contributed by atoms with E-state index >= 15 is 0 Å². The Balaban J connectivity index is 2.44. The van der Waals surface area contributed by atoms with E-state index in [0.29, 0.717) is 10.6 Å². The lowest BCUT2D eigenvalue weighted by molar-refractivity contribution is -0.139. The molecular formula is C22H26Cl3N3O4S. The summed E-state index contributed by atoms with van der Waals surface area (Å²) in [7, 11) is -3.88. The second-order valence-electron chi connectivity index (χ2n) is 7.85. The van der Waals surface area contributed by atoms with Gasteiger partial charge in [-0.1, -0.05) is 53.0 Å². The Morgan fingerprint density at radius 2 is 1.58 bits per heavy atom. The van der Waals surface area contributed by atoms with Crippen LogP contribution >= 0.6 is 34.8 Å². The molecule has 1 atom stereocenters. The number of nitrogens with one attached hydrogen (secondary N) is 1. The molecule has 0 saturated heterocycles. The monoisotopic (exact) mass is 533 g/mol. The van der Waals surface area contributed by atoms with Crippen molar-refractivity contribution in [3.8, 4) is 0 Å². The van der Waals surface area contributed by atoms with Crippen LogP contribution in [0.1, 0.15) is 26.3 Å². The first-order chi connectivity index (χ1) is 15.3. The van der Waals surface area contributed by atoms with Crippen molar-refractivity contribution in [2.45, 2.75) is 39.4 Å². The lowest BCUT2D eigenvalue weighted by Crippen LogP contribution is -2.52. The van der Waals surface area contributed by atoms with E-state index in [1.54, 1.807) is 45.0 Å². The number of amides is 2. The van der Waals surface area contributed by atoms with Crippen LogP contribution in [-0.2, 0) is 26.2 Å². The fraction of sp³-hybridized carbons (Fsp3) is 0.364. The fourth-order valence-corrected chi connectivity index (χ4v) is 4.64. The first-order valence-electron chi connectivity index (χ1n) is 10.1. The normalized spacial score (nSPS) is 12.4. The predicted octanol–water partition coefficient (Wildman–Crippen LogP) is 4.35. The molecule has 11 heteroatoms. The third-order valence-electron chi connectivity index (χ3n) is 4.71. The number of hydrogen-bond acceptors (Lipinski definition) is 4. The molecule has 0 heterocycles. The van der Waals surface area contributed by atoms with Crippen molar-refractivity contribution < 1.29 is 18.0 Å². The van der Waals surface area contributed by atoms with Crippen molar-refractivity contribution in [2.24, 2.45) is 0 Å². The summed E-state index contributed by atoms with van der Waals surface area (Å²) in [5, 5.41) is 3.64. The maximum atomic E-state index is 13.4. The lowest BCUT2D eigenvalue weighted by atomic mass is 10.1. The van der Waals surface area contributed by atoms with Gasteiger partial charge < -0.3 is 10.2 Å². The molecule has 2 rings (SSSR count). The van der Waals surface area contributed by atoms with Gasteiger partial charge in [-0.25, -0.2) is 8.42 Å². The van der Waals surface area contributed by atoms with E-state index in [-0.39, 0.29) is 34.2 Å². The Morgan fingerprint density at radius 3 is 2.09 bits per heavy atom. The van der Waals surface area contributed by atoms with E-state index in [1.165, 1.54) is 23.1 Å². The molecule has 0 fully saturated rings. The highest BCUT2D eigenvalue weighted by Gasteiger charge is 2.30. The smallest absolute Gasteiger partial charge is 0.244 e. The first kappa shape index (κ1) is 27.2. The van der Waals surface area contributed by atoms with Crippen molar-refractivity contribution in [1.29, 1.82) is 0 Å². The van der Waals surface area contributed by atoms with Crippen molar-refractivity contribution in [1.82, 2.24) is 10.2 Å². The molecule has 0 aromatic heterocycles. The van der Waals surface area contributed by atoms with Crippen LogP contribution in [0.4, 0.5) is 5.69 Å². The van der Waals surface area contributed by atoms with E-state index in [1.807, 2.05) is 0 Å².